The van der Waals surface area contributed by atoms with Crippen LogP contribution in [0.15, 0.2) is 87.5 Å². The fourth-order valence-corrected chi connectivity index (χ4v) is 5.21. The number of halogens is 1. The SMILES string of the molecule is CSc1ccc(CCNC(=O)c2[nH]c3ccccc3c2[S@@](=O)c2ccc(Cl)cc2)cc1. The Kier molecular flexibility index (Phi) is 6.80. The van der Waals surface area contributed by atoms with Crippen molar-refractivity contribution in [3.63, 3.8) is 0 Å². The van der Waals surface area contributed by atoms with Gasteiger partial charge in [-0.25, -0.2) is 4.21 Å². The van der Waals surface area contributed by atoms with E-state index in [2.05, 4.69) is 34.6 Å². The molecule has 0 radical (unpaired) electrons. The molecular formula is C24H21ClN2O2S2. The van der Waals surface area contributed by atoms with Crippen LogP contribution in [0.2, 0.25) is 5.02 Å². The Balaban J connectivity index is 1.57. The van der Waals surface area contributed by atoms with E-state index in [0.29, 0.717) is 27.1 Å². The van der Waals surface area contributed by atoms with Gasteiger partial charge in [-0.2, -0.15) is 0 Å². The van der Waals surface area contributed by atoms with Crippen LogP contribution in [-0.2, 0) is 17.2 Å². The van der Waals surface area contributed by atoms with Crippen LogP contribution in [0.25, 0.3) is 10.9 Å². The van der Waals surface area contributed by atoms with Crippen LogP contribution in [0, 0.1) is 0 Å². The van der Waals surface area contributed by atoms with Gasteiger partial charge in [0.2, 0.25) is 0 Å². The Labute approximate surface area is 192 Å². The number of carbonyl (C=O) groups is 1. The van der Waals surface area contributed by atoms with Gasteiger partial charge in [-0.3, -0.25) is 4.79 Å². The van der Waals surface area contributed by atoms with E-state index in [1.807, 2.05) is 30.5 Å². The molecule has 0 saturated heterocycles. The number of hydrogen-bond donors (Lipinski definition) is 2. The van der Waals surface area contributed by atoms with Crippen LogP contribution in [0.3, 0.4) is 0 Å². The Morgan fingerprint density at radius 1 is 1.03 bits per heavy atom. The second-order valence-corrected chi connectivity index (χ2v) is 9.68. The van der Waals surface area contributed by atoms with E-state index in [-0.39, 0.29) is 5.91 Å². The zero-order valence-corrected chi connectivity index (χ0v) is 19.2. The third-order valence-corrected chi connectivity index (χ3v) is 7.45. The van der Waals surface area contributed by atoms with Crippen LogP contribution < -0.4 is 5.32 Å². The van der Waals surface area contributed by atoms with Crippen molar-refractivity contribution in [2.24, 2.45) is 0 Å². The normalized spacial score (nSPS) is 12.1. The number of nitrogens with one attached hydrogen (secondary N) is 2. The first-order valence-corrected chi connectivity index (χ1v) is 12.5. The molecule has 2 N–H and O–H groups in total. The Morgan fingerprint density at radius 2 is 1.74 bits per heavy atom. The molecule has 0 fully saturated rings. The van der Waals surface area contributed by atoms with Crippen LogP contribution in [0.1, 0.15) is 16.1 Å². The molecule has 1 atom stereocenters. The van der Waals surface area contributed by atoms with Gasteiger partial charge in [-0.1, -0.05) is 41.9 Å². The van der Waals surface area contributed by atoms with Gasteiger partial charge in [0.1, 0.15) is 5.69 Å². The molecule has 4 rings (SSSR count). The zero-order chi connectivity index (χ0) is 21.8. The van der Waals surface area contributed by atoms with Crippen molar-refractivity contribution in [2.75, 3.05) is 12.8 Å². The average Bonchev–Trinajstić information content (AvgIpc) is 3.19. The van der Waals surface area contributed by atoms with Gasteiger partial charge in [0.15, 0.2) is 0 Å². The number of carbonyl (C=O) groups excluding carboxylic acids is 1. The fourth-order valence-electron chi connectivity index (χ4n) is 3.35. The number of rotatable bonds is 7. The Bertz CT molecular complexity index is 1230. The number of fused-ring (bicyclic) bond motifs is 1. The lowest BCUT2D eigenvalue weighted by molar-refractivity contribution is 0.0947. The minimum absolute atomic E-state index is 0.269. The average molecular weight is 469 g/mol. The summed E-state index contributed by atoms with van der Waals surface area (Å²) in [6, 6.07) is 22.6. The maximum absolute atomic E-state index is 13.4. The van der Waals surface area contributed by atoms with Crippen LogP contribution >= 0.6 is 23.4 Å². The van der Waals surface area contributed by atoms with Crippen LogP contribution in [0.4, 0.5) is 0 Å². The second kappa shape index (κ2) is 9.73. The van der Waals surface area contributed by atoms with Crippen molar-refractivity contribution in [1.29, 1.82) is 0 Å². The van der Waals surface area contributed by atoms with E-state index in [1.165, 1.54) is 4.90 Å². The lowest BCUT2D eigenvalue weighted by Gasteiger charge is -2.08. The Hall–Kier alpha value is -2.54. The van der Waals surface area contributed by atoms with E-state index in [4.69, 9.17) is 11.6 Å². The lowest BCUT2D eigenvalue weighted by atomic mass is 10.1. The van der Waals surface area contributed by atoms with E-state index in [9.17, 15) is 9.00 Å². The number of thioether (sulfide) groups is 1. The largest absolute Gasteiger partial charge is 0.350 e. The smallest absolute Gasteiger partial charge is 0.269 e. The van der Waals surface area contributed by atoms with Gasteiger partial charge >= 0.3 is 0 Å². The standard InChI is InChI=1S/C24H21ClN2O2S2/c1-30-18-10-6-16(7-11-18)14-15-26-24(28)22-23(20-4-2-3-5-21(20)27-22)31(29)19-12-8-17(25)9-13-19/h2-13,27H,14-15H2,1H3,(H,26,28)/t31-/m0/s1. The fraction of sp³-hybridized carbons (Fsp3) is 0.125. The minimum atomic E-state index is -1.53. The third-order valence-electron chi connectivity index (χ3n) is 4.96. The number of hydrogen-bond acceptors (Lipinski definition) is 3. The van der Waals surface area contributed by atoms with Gasteiger partial charge in [-0.05, 0) is 60.7 Å². The summed E-state index contributed by atoms with van der Waals surface area (Å²) in [6.07, 6.45) is 2.76. The van der Waals surface area contributed by atoms with Gasteiger partial charge in [-0.15, -0.1) is 11.8 Å². The number of aromatic amines is 1. The predicted octanol–water partition coefficient (Wildman–Crippen LogP) is 5.68. The number of amides is 1. The summed E-state index contributed by atoms with van der Waals surface area (Å²) >= 11 is 7.67. The lowest BCUT2D eigenvalue weighted by Crippen LogP contribution is -2.27. The maximum Gasteiger partial charge on any atom is 0.269 e. The highest BCUT2D eigenvalue weighted by atomic mass is 35.5. The molecule has 0 bridgehead atoms. The molecule has 1 heterocycles. The van der Waals surface area contributed by atoms with Gasteiger partial charge in [0.05, 0.1) is 15.7 Å². The molecule has 4 nitrogen and oxygen atoms in total. The maximum atomic E-state index is 13.4. The topological polar surface area (TPSA) is 62.0 Å². The molecule has 4 aromatic rings. The van der Waals surface area contributed by atoms with E-state index < -0.39 is 10.8 Å². The van der Waals surface area contributed by atoms with Crippen molar-refractivity contribution in [1.82, 2.24) is 10.3 Å². The number of para-hydroxylation sites is 1. The van der Waals surface area contributed by atoms with Gasteiger partial charge in [0.25, 0.3) is 5.91 Å². The van der Waals surface area contributed by atoms with Crippen LogP contribution in [-0.4, -0.2) is 27.9 Å². The summed E-state index contributed by atoms with van der Waals surface area (Å²) in [5.41, 5.74) is 2.25. The highest BCUT2D eigenvalue weighted by Crippen LogP contribution is 2.29. The zero-order valence-electron chi connectivity index (χ0n) is 16.9. The number of H-pyrrole nitrogens is 1. The summed E-state index contributed by atoms with van der Waals surface area (Å²) in [5, 5.41) is 4.31. The molecule has 0 unspecified atom stereocenters. The molecule has 1 amide bonds. The molecule has 0 aliphatic rings. The minimum Gasteiger partial charge on any atom is -0.350 e. The molecule has 0 aliphatic carbocycles. The van der Waals surface area contributed by atoms with Crippen molar-refractivity contribution >= 4 is 51.0 Å². The van der Waals surface area contributed by atoms with Gasteiger partial charge < -0.3 is 10.3 Å². The first-order valence-electron chi connectivity index (χ1n) is 9.76. The molecule has 158 valence electrons. The van der Waals surface area contributed by atoms with E-state index in [0.717, 1.165) is 22.9 Å². The molecule has 0 aliphatic heterocycles. The van der Waals surface area contributed by atoms with Gasteiger partial charge in [0, 0.05) is 32.3 Å². The molecular weight excluding hydrogens is 448 g/mol. The Morgan fingerprint density at radius 3 is 2.45 bits per heavy atom. The molecule has 3 aromatic carbocycles. The number of aromatic nitrogens is 1. The van der Waals surface area contributed by atoms with Crippen molar-refractivity contribution in [3.05, 3.63) is 89.1 Å². The second-order valence-electron chi connectivity index (χ2n) is 6.95. The summed E-state index contributed by atoms with van der Waals surface area (Å²) < 4.78 is 13.4. The highest BCUT2D eigenvalue weighted by molar-refractivity contribution is 7.98. The summed E-state index contributed by atoms with van der Waals surface area (Å²) in [7, 11) is -1.53. The monoisotopic (exact) mass is 468 g/mol. The van der Waals surface area contributed by atoms with Crippen LogP contribution in [0.5, 0.6) is 0 Å². The molecule has 1 aromatic heterocycles. The molecule has 0 saturated carbocycles. The predicted molar refractivity (Wildman–Crippen MR) is 129 cm³/mol. The van der Waals surface area contributed by atoms with E-state index >= 15 is 0 Å². The van der Waals surface area contributed by atoms with Crippen molar-refractivity contribution in [2.45, 2.75) is 21.1 Å². The highest BCUT2D eigenvalue weighted by Gasteiger charge is 2.23. The molecule has 31 heavy (non-hydrogen) atoms. The summed E-state index contributed by atoms with van der Waals surface area (Å²) in [6.45, 7) is 0.486. The third kappa shape index (κ3) is 4.87. The molecule has 7 heteroatoms. The first kappa shape index (κ1) is 21.7. The van der Waals surface area contributed by atoms with E-state index in [1.54, 1.807) is 36.0 Å². The molecule has 0 spiro atoms. The number of benzene rings is 3. The summed E-state index contributed by atoms with van der Waals surface area (Å²) in [4.78, 5) is 18.5. The quantitative estimate of drug-likeness (QED) is 0.343. The summed E-state index contributed by atoms with van der Waals surface area (Å²) in [5.74, 6) is -0.269. The van der Waals surface area contributed by atoms with Crippen molar-refractivity contribution < 1.29 is 9.00 Å². The van der Waals surface area contributed by atoms with Crippen molar-refractivity contribution in [3.8, 4) is 0 Å². The first-order chi connectivity index (χ1) is 15.1.